The van der Waals surface area contributed by atoms with E-state index in [0.29, 0.717) is 48.5 Å². The first-order valence-corrected chi connectivity index (χ1v) is 14.0. The zero-order valence-electron chi connectivity index (χ0n) is 24.0. The molecule has 0 aliphatic carbocycles. The minimum atomic E-state index is -0.360. The average molecular weight is 544 g/mol. The average Bonchev–Trinajstić information content (AvgIpc) is 2.97. The molecule has 0 radical (unpaired) electrons. The number of rotatable bonds is 14. The summed E-state index contributed by atoms with van der Waals surface area (Å²) >= 11 is 0. The van der Waals surface area contributed by atoms with Crippen molar-refractivity contribution in [2.75, 3.05) is 25.5 Å². The Balaban J connectivity index is 1.73. The lowest BCUT2D eigenvalue weighted by atomic mass is 9.95. The molecule has 2 atom stereocenters. The number of amides is 3. The van der Waals surface area contributed by atoms with Crippen LogP contribution in [0.5, 0.6) is 5.75 Å². The number of benzene rings is 3. The van der Waals surface area contributed by atoms with Crippen LogP contribution >= 0.6 is 0 Å². The summed E-state index contributed by atoms with van der Waals surface area (Å²) in [5.41, 5.74) is 2.67. The van der Waals surface area contributed by atoms with Crippen LogP contribution in [-0.4, -0.2) is 48.9 Å². The molecule has 0 saturated heterocycles. The highest BCUT2D eigenvalue weighted by Crippen LogP contribution is 2.19. The van der Waals surface area contributed by atoms with Crippen LogP contribution in [0.3, 0.4) is 0 Å². The molecule has 0 heterocycles. The van der Waals surface area contributed by atoms with E-state index in [0.717, 1.165) is 18.4 Å². The maximum atomic E-state index is 13.4. The first-order chi connectivity index (χ1) is 19.3. The van der Waals surface area contributed by atoms with E-state index in [9.17, 15) is 14.4 Å². The number of hydrogen-bond acceptors (Lipinski definition) is 4. The van der Waals surface area contributed by atoms with Gasteiger partial charge < -0.3 is 20.3 Å². The smallest absolute Gasteiger partial charge is 0.253 e. The van der Waals surface area contributed by atoms with E-state index in [4.69, 9.17) is 4.74 Å². The topological polar surface area (TPSA) is 87.7 Å². The zero-order valence-corrected chi connectivity index (χ0v) is 24.0. The maximum absolute atomic E-state index is 13.4. The van der Waals surface area contributed by atoms with E-state index in [1.165, 1.54) is 0 Å². The number of nitrogens with zero attached hydrogens (tertiary/aromatic N) is 1. The number of nitrogens with one attached hydrogen (secondary N) is 2. The van der Waals surface area contributed by atoms with Gasteiger partial charge in [-0.1, -0.05) is 57.2 Å². The van der Waals surface area contributed by atoms with Crippen molar-refractivity contribution in [1.29, 1.82) is 0 Å². The number of carbonyl (C=O) groups excluding carboxylic acids is 3. The van der Waals surface area contributed by atoms with E-state index >= 15 is 0 Å². The van der Waals surface area contributed by atoms with Crippen molar-refractivity contribution >= 4 is 23.4 Å². The lowest BCUT2D eigenvalue weighted by Gasteiger charge is -2.23. The standard InChI is InChI=1S/C33H41N3O4/c1-5-19-36(20-6-2)33(39)27-14-10-13-26(23-27)32(38)35-29(22-25-11-8-7-9-12-25)21-24(3)31(37)34-28-15-17-30(40-4)18-16-28/h7-18,23-24,29H,5-6,19-22H2,1-4H3,(H,34,37)(H,35,38)/t24?,29-/m1/s1. The SMILES string of the molecule is CCCN(CCC)C(=O)c1cccc(C(=O)N[C@@H](Cc2ccccc2)CC(C)C(=O)Nc2ccc(OC)cc2)c1. The predicted octanol–water partition coefficient (Wildman–Crippen LogP) is 5.96. The quantitative estimate of drug-likeness (QED) is 0.263. The van der Waals surface area contributed by atoms with Crippen molar-refractivity contribution in [3.05, 3.63) is 95.6 Å². The minimum absolute atomic E-state index is 0.0667. The molecule has 0 bridgehead atoms. The molecule has 3 rings (SSSR count). The summed E-state index contributed by atoms with van der Waals surface area (Å²) in [5, 5.41) is 6.08. The largest absolute Gasteiger partial charge is 0.497 e. The molecule has 0 aliphatic heterocycles. The van der Waals surface area contributed by atoms with Gasteiger partial charge in [0.2, 0.25) is 5.91 Å². The lowest BCUT2D eigenvalue weighted by molar-refractivity contribution is -0.119. The molecule has 7 nitrogen and oxygen atoms in total. The van der Waals surface area contributed by atoms with Gasteiger partial charge >= 0.3 is 0 Å². The van der Waals surface area contributed by atoms with Gasteiger partial charge in [-0.25, -0.2) is 0 Å². The second kappa shape index (κ2) is 15.5. The zero-order chi connectivity index (χ0) is 28.9. The molecule has 7 heteroatoms. The molecular weight excluding hydrogens is 502 g/mol. The van der Waals surface area contributed by atoms with Gasteiger partial charge in [-0.2, -0.15) is 0 Å². The Bertz CT molecular complexity index is 1240. The first-order valence-electron chi connectivity index (χ1n) is 14.0. The normalized spacial score (nSPS) is 12.2. The van der Waals surface area contributed by atoms with E-state index in [-0.39, 0.29) is 29.7 Å². The Hall–Kier alpha value is -4.13. The predicted molar refractivity (Wildman–Crippen MR) is 160 cm³/mol. The van der Waals surface area contributed by atoms with Crippen molar-refractivity contribution in [2.45, 2.75) is 52.5 Å². The van der Waals surface area contributed by atoms with Crippen molar-refractivity contribution in [3.63, 3.8) is 0 Å². The molecule has 0 aromatic heterocycles. The number of hydrogen-bond donors (Lipinski definition) is 2. The fraction of sp³-hybridized carbons (Fsp3) is 0.364. The van der Waals surface area contributed by atoms with Crippen LogP contribution in [0.15, 0.2) is 78.9 Å². The van der Waals surface area contributed by atoms with Gasteiger partial charge in [0.05, 0.1) is 7.11 Å². The summed E-state index contributed by atoms with van der Waals surface area (Å²) in [7, 11) is 1.60. The van der Waals surface area contributed by atoms with Crippen molar-refractivity contribution in [3.8, 4) is 5.75 Å². The fourth-order valence-corrected chi connectivity index (χ4v) is 4.67. The van der Waals surface area contributed by atoms with Crippen molar-refractivity contribution in [1.82, 2.24) is 10.2 Å². The summed E-state index contributed by atoms with van der Waals surface area (Å²) in [6.45, 7) is 7.31. The molecule has 212 valence electrons. The van der Waals surface area contributed by atoms with Gasteiger partial charge in [0.1, 0.15) is 5.75 Å². The molecule has 3 aromatic rings. The van der Waals surface area contributed by atoms with Crippen LogP contribution < -0.4 is 15.4 Å². The Morgan fingerprint density at radius 2 is 1.50 bits per heavy atom. The Labute approximate surface area is 237 Å². The fourth-order valence-electron chi connectivity index (χ4n) is 4.67. The summed E-state index contributed by atoms with van der Waals surface area (Å²) in [4.78, 5) is 41.3. The first kappa shape index (κ1) is 30.4. The Morgan fingerprint density at radius 1 is 0.850 bits per heavy atom. The highest BCUT2D eigenvalue weighted by Gasteiger charge is 2.23. The molecule has 0 aliphatic rings. The highest BCUT2D eigenvalue weighted by atomic mass is 16.5. The highest BCUT2D eigenvalue weighted by molar-refractivity contribution is 6.00. The van der Waals surface area contributed by atoms with Crippen molar-refractivity contribution in [2.24, 2.45) is 5.92 Å². The van der Waals surface area contributed by atoms with Crippen LogP contribution in [0.1, 0.15) is 66.3 Å². The minimum Gasteiger partial charge on any atom is -0.497 e. The lowest BCUT2D eigenvalue weighted by Crippen LogP contribution is -2.39. The van der Waals surface area contributed by atoms with Gasteiger partial charge in [0, 0.05) is 41.9 Å². The van der Waals surface area contributed by atoms with Crippen molar-refractivity contribution < 1.29 is 19.1 Å². The molecule has 0 saturated carbocycles. The summed E-state index contributed by atoms with van der Waals surface area (Å²) in [5.74, 6) is -0.109. The molecule has 0 fully saturated rings. The third kappa shape index (κ3) is 8.97. The number of ether oxygens (including phenoxy) is 1. The molecule has 40 heavy (non-hydrogen) atoms. The maximum Gasteiger partial charge on any atom is 0.253 e. The molecule has 3 amide bonds. The number of carbonyl (C=O) groups is 3. The number of anilines is 1. The summed E-state index contributed by atoms with van der Waals surface area (Å²) in [6.07, 6.45) is 2.77. The second-order valence-corrected chi connectivity index (χ2v) is 10.1. The van der Waals surface area contributed by atoms with Gasteiger partial charge in [0.15, 0.2) is 0 Å². The van der Waals surface area contributed by atoms with Crippen LogP contribution in [0.4, 0.5) is 5.69 Å². The number of methoxy groups -OCH3 is 1. The van der Waals surface area contributed by atoms with E-state index in [1.54, 1.807) is 55.6 Å². The Morgan fingerprint density at radius 3 is 2.12 bits per heavy atom. The van der Waals surface area contributed by atoms with Gasteiger partial charge in [-0.05, 0) is 73.7 Å². The van der Waals surface area contributed by atoms with Gasteiger partial charge in [-0.15, -0.1) is 0 Å². The Kier molecular flexibility index (Phi) is 11.8. The van der Waals surface area contributed by atoms with Gasteiger partial charge in [0.25, 0.3) is 11.8 Å². The third-order valence-electron chi connectivity index (χ3n) is 6.75. The molecular formula is C33H41N3O4. The molecule has 3 aromatic carbocycles. The summed E-state index contributed by atoms with van der Waals surface area (Å²) in [6, 6.07) is 23.7. The third-order valence-corrected chi connectivity index (χ3v) is 6.75. The van der Waals surface area contributed by atoms with Gasteiger partial charge in [-0.3, -0.25) is 14.4 Å². The monoisotopic (exact) mass is 543 g/mol. The van der Waals surface area contributed by atoms with Crippen LogP contribution in [0, 0.1) is 5.92 Å². The molecule has 2 N–H and O–H groups in total. The molecule has 0 spiro atoms. The van der Waals surface area contributed by atoms with Crippen LogP contribution in [-0.2, 0) is 11.2 Å². The van der Waals surface area contributed by atoms with Crippen LogP contribution in [0.25, 0.3) is 0 Å². The van der Waals surface area contributed by atoms with E-state index in [1.807, 2.05) is 56.0 Å². The van der Waals surface area contributed by atoms with Crippen LogP contribution in [0.2, 0.25) is 0 Å². The van der Waals surface area contributed by atoms with E-state index < -0.39 is 0 Å². The summed E-state index contributed by atoms with van der Waals surface area (Å²) < 4.78 is 5.18. The molecule has 1 unspecified atom stereocenters. The van der Waals surface area contributed by atoms with E-state index in [2.05, 4.69) is 10.6 Å². The second-order valence-electron chi connectivity index (χ2n) is 10.1.